The summed E-state index contributed by atoms with van der Waals surface area (Å²) in [6.45, 7) is 3.94. The Bertz CT molecular complexity index is 1230. The lowest BCUT2D eigenvalue weighted by Gasteiger charge is -2.42. The summed E-state index contributed by atoms with van der Waals surface area (Å²) in [7, 11) is -3.90. The minimum atomic E-state index is -3.90. The molecule has 2 aromatic carbocycles. The molecule has 0 aliphatic carbocycles. The van der Waals surface area contributed by atoms with Gasteiger partial charge in [-0.3, -0.25) is 4.79 Å². The zero-order chi connectivity index (χ0) is 24.0. The summed E-state index contributed by atoms with van der Waals surface area (Å²) in [6.07, 6.45) is 0.139. The third-order valence-electron chi connectivity index (χ3n) is 5.89. The molecule has 2 heterocycles. The monoisotopic (exact) mass is 552 g/mol. The van der Waals surface area contributed by atoms with E-state index in [0.29, 0.717) is 34.7 Å². The minimum Gasteiger partial charge on any atom is -0.486 e. The predicted molar refractivity (Wildman–Crippen MR) is 126 cm³/mol. The van der Waals surface area contributed by atoms with Crippen molar-refractivity contribution in [3.8, 4) is 11.8 Å². The van der Waals surface area contributed by atoms with Crippen LogP contribution in [0.1, 0.15) is 43.9 Å². The Morgan fingerprint density at radius 2 is 1.97 bits per heavy atom. The molecular formula is C23H22BrClN2O5S. The van der Waals surface area contributed by atoms with E-state index in [1.807, 2.05) is 13.8 Å². The van der Waals surface area contributed by atoms with Crippen LogP contribution in [-0.2, 0) is 19.6 Å². The number of hydrogen-bond acceptors (Lipinski definition) is 6. The second-order valence-corrected chi connectivity index (χ2v) is 11.9. The maximum atomic E-state index is 13.3. The number of hydrogen-bond donors (Lipinski definition) is 0. The second-order valence-electron chi connectivity index (χ2n) is 8.56. The van der Waals surface area contributed by atoms with E-state index in [-0.39, 0.29) is 11.4 Å². The summed E-state index contributed by atoms with van der Waals surface area (Å²) in [5.74, 6) is -0.116. The van der Waals surface area contributed by atoms with Gasteiger partial charge in [-0.05, 0) is 69.2 Å². The Morgan fingerprint density at radius 1 is 1.27 bits per heavy atom. The number of ether oxygens (including phenoxy) is 2. The molecule has 7 nitrogen and oxygen atoms in total. The lowest BCUT2D eigenvalue weighted by molar-refractivity contribution is -0.156. The van der Waals surface area contributed by atoms with Crippen LogP contribution in [0.5, 0.6) is 5.75 Å². The first-order valence-corrected chi connectivity index (χ1v) is 13.1. The SMILES string of the molecule is CC1(C)Oc2ccc(C#N)cc2[C@H](OC(=O)[C@@H]2CCCN2S(=O)(=O)c2ccc(Cl)cc2)[C@H]1Br. The topological polar surface area (TPSA) is 96.7 Å². The first kappa shape index (κ1) is 24.0. The Morgan fingerprint density at radius 3 is 2.64 bits per heavy atom. The quantitative estimate of drug-likeness (QED) is 0.406. The van der Waals surface area contributed by atoms with Gasteiger partial charge in [0.05, 0.1) is 21.4 Å². The molecule has 3 atom stereocenters. The van der Waals surface area contributed by atoms with Crippen molar-refractivity contribution in [3.63, 3.8) is 0 Å². The van der Waals surface area contributed by atoms with Crippen LogP contribution in [0.3, 0.4) is 0 Å². The Balaban J connectivity index is 1.63. The number of carbonyl (C=O) groups is 1. The molecule has 0 amide bonds. The highest BCUT2D eigenvalue weighted by molar-refractivity contribution is 9.09. The Kier molecular flexibility index (Phi) is 6.49. The molecule has 174 valence electrons. The van der Waals surface area contributed by atoms with Crippen molar-refractivity contribution >= 4 is 43.5 Å². The number of carbonyl (C=O) groups excluding carboxylic acids is 1. The number of sulfonamides is 1. The maximum absolute atomic E-state index is 13.3. The van der Waals surface area contributed by atoms with Gasteiger partial charge < -0.3 is 9.47 Å². The molecule has 33 heavy (non-hydrogen) atoms. The first-order chi connectivity index (χ1) is 15.5. The lowest BCUT2D eigenvalue weighted by Crippen LogP contribution is -2.48. The van der Waals surface area contributed by atoms with E-state index in [9.17, 15) is 18.5 Å². The predicted octanol–water partition coefficient (Wildman–Crippen LogP) is 4.58. The average Bonchev–Trinajstić information content (AvgIpc) is 3.28. The zero-order valence-electron chi connectivity index (χ0n) is 18.0. The van der Waals surface area contributed by atoms with Gasteiger partial charge >= 0.3 is 5.97 Å². The Labute approximate surface area is 206 Å². The fourth-order valence-electron chi connectivity index (χ4n) is 4.13. The van der Waals surface area contributed by atoms with Crippen molar-refractivity contribution in [2.75, 3.05) is 6.54 Å². The van der Waals surface area contributed by atoms with E-state index in [1.54, 1.807) is 18.2 Å². The van der Waals surface area contributed by atoms with Crippen LogP contribution in [0.15, 0.2) is 47.4 Å². The summed E-state index contributed by atoms with van der Waals surface area (Å²) in [4.78, 5) is 13.0. The molecule has 2 aliphatic heterocycles. The molecule has 4 rings (SSSR count). The van der Waals surface area contributed by atoms with Crippen molar-refractivity contribution in [3.05, 3.63) is 58.6 Å². The molecule has 0 unspecified atom stereocenters. The van der Waals surface area contributed by atoms with Gasteiger partial charge in [0, 0.05) is 17.1 Å². The number of nitrogens with zero attached hydrogens (tertiary/aromatic N) is 2. The summed E-state index contributed by atoms with van der Waals surface area (Å²) in [6, 6.07) is 11.9. The van der Waals surface area contributed by atoms with Crippen LogP contribution in [0.4, 0.5) is 0 Å². The normalized spacial score (nSPS) is 24.4. The average molecular weight is 554 g/mol. The third-order valence-corrected chi connectivity index (χ3v) is 9.64. The van der Waals surface area contributed by atoms with Gasteiger partial charge in [0.1, 0.15) is 23.5 Å². The summed E-state index contributed by atoms with van der Waals surface area (Å²) in [5.41, 5.74) is 0.260. The van der Waals surface area contributed by atoms with Crippen LogP contribution in [0.2, 0.25) is 5.02 Å². The number of rotatable bonds is 4. The molecule has 1 saturated heterocycles. The fourth-order valence-corrected chi connectivity index (χ4v) is 6.39. The van der Waals surface area contributed by atoms with E-state index >= 15 is 0 Å². The van der Waals surface area contributed by atoms with Crippen LogP contribution in [0.25, 0.3) is 0 Å². The van der Waals surface area contributed by atoms with E-state index in [4.69, 9.17) is 21.1 Å². The van der Waals surface area contributed by atoms with Gasteiger partial charge in [0.2, 0.25) is 10.0 Å². The largest absolute Gasteiger partial charge is 0.486 e. The smallest absolute Gasteiger partial charge is 0.325 e. The summed E-state index contributed by atoms with van der Waals surface area (Å²) < 4.78 is 39.6. The number of alkyl halides is 1. The van der Waals surface area contributed by atoms with Crippen LogP contribution < -0.4 is 4.74 Å². The molecule has 0 spiro atoms. The highest BCUT2D eigenvalue weighted by Crippen LogP contribution is 2.46. The number of benzene rings is 2. The molecule has 0 N–H and O–H groups in total. The second kappa shape index (κ2) is 8.91. The number of halogens is 2. The van der Waals surface area contributed by atoms with Crippen molar-refractivity contribution < 1.29 is 22.7 Å². The van der Waals surface area contributed by atoms with Gasteiger partial charge in [-0.1, -0.05) is 27.5 Å². The van der Waals surface area contributed by atoms with E-state index < -0.39 is 38.6 Å². The molecule has 1 fully saturated rings. The van der Waals surface area contributed by atoms with Crippen molar-refractivity contribution in [1.29, 1.82) is 5.26 Å². The molecule has 2 aromatic rings. The molecule has 0 aromatic heterocycles. The minimum absolute atomic E-state index is 0.0705. The highest BCUT2D eigenvalue weighted by atomic mass is 79.9. The standard InChI is InChI=1S/C23H22BrClN2O5S/c1-23(2)21(24)20(17-12-14(13-26)5-10-19(17)32-23)31-22(28)18-4-3-11-27(18)33(29,30)16-8-6-15(25)7-9-16/h5-10,12,18,20-21H,3-4,11H2,1-2H3/t18-,20-,21+/m0/s1. The van der Waals surface area contributed by atoms with Crippen LogP contribution in [0, 0.1) is 11.3 Å². The van der Waals surface area contributed by atoms with Gasteiger partial charge in [-0.15, -0.1) is 0 Å². The molecule has 2 aliphatic rings. The zero-order valence-corrected chi connectivity index (χ0v) is 21.2. The third kappa shape index (κ3) is 4.50. The molecule has 0 radical (unpaired) electrons. The fraction of sp³-hybridized carbons (Fsp3) is 0.391. The number of nitriles is 1. The first-order valence-electron chi connectivity index (χ1n) is 10.4. The Hall–Kier alpha value is -2.12. The van der Waals surface area contributed by atoms with Crippen molar-refractivity contribution in [1.82, 2.24) is 4.31 Å². The van der Waals surface area contributed by atoms with E-state index in [1.165, 1.54) is 28.6 Å². The van der Waals surface area contributed by atoms with Crippen LogP contribution in [-0.4, -0.2) is 41.7 Å². The van der Waals surface area contributed by atoms with E-state index in [2.05, 4.69) is 22.0 Å². The lowest BCUT2D eigenvalue weighted by atomic mass is 9.90. The molecule has 0 bridgehead atoms. The summed E-state index contributed by atoms with van der Waals surface area (Å²) in [5, 5.41) is 9.73. The van der Waals surface area contributed by atoms with Gasteiger partial charge in [-0.25, -0.2) is 8.42 Å². The number of fused-ring (bicyclic) bond motifs is 1. The highest BCUT2D eigenvalue weighted by Gasteiger charge is 2.47. The molecular weight excluding hydrogens is 532 g/mol. The van der Waals surface area contributed by atoms with E-state index in [0.717, 1.165) is 0 Å². The molecule has 10 heteroatoms. The molecule has 0 saturated carbocycles. The maximum Gasteiger partial charge on any atom is 0.325 e. The van der Waals surface area contributed by atoms with Gasteiger partial charge in [0.15, 0.2) is 0 Å². The van der Waals surface area contributed by atoms with Crippen molar-refractivity contribution in [2.24, 2.45) is 0 Å². The summed E-state index contributed by atoms with van der Waals surface area (Å²) >= 11 is 9.49. The van der Waals surface area contributed by atoms with Gasteiger partial charge in [-0.2, -0.15) is 9.57 Å². The van der Waals surface area contributed by atoms with Crippen LogP contribution >= 0.6 is 27.5 Å². The van der Waals surface area contributed by atoms with Gasteiger partial charge in [0.25, 0.3) is 0 Å². The van der Waals surface area contributed by atoms with Crippen molar-refractivity contribution in [2.45, 2.75) is 54.2 Å². The number of esters is 1.